The Morgan fingerprint density at radius 1 is 1.43 bits per heavy atom. The zero-order valence-corrected chi connectivity index (χ0v) is 10.8. The predicted octanol–water partition coefficient (Wildman–Crippen LogP) is 2.57. The minimum Gasteiger partial charge on any atom is -0.353 e. The number of alkyl halides is 1. The zero-order valence-electron chi connectivity index (χ0n) is 9.22. The minimum atomic E-state index is 0.208. The Balaban J connectivity index is 2.31. The largest absolute Gasteiger partial charge is 0.353 e. The van der Waals surface area contributed by atoms with Crippen molar-refractivity contribution < 1.29 is 4.79 Å². The van der Waals surface area contributed by atoms with Gasteiger partial charge in [0.25, 0.3) is 0 Å². The van der Waals surface area contributed by atoms with Crippen LogP contribution in [0.25, 0.3) is 0 Å². The van der Waals surface area contributed by atoms with Crippen LogP contribution in [-0.4, -0.2) is 17.3 Å². The average molecular weight is 262 g/mol. The Morgan fingerprint density at radius 2 is 2.00 bits per heavy atom. The quantitative estimate of drug-likeness (QED) is 0.758. The summed E-state index contributed by atoms with van der Waals surface area (Å²) in [4.78, 5) is 11.7. The highest BCUT2D eigenvalue weighted by molar-refractivity contribution is 9.09. The molecular formula is C11H20BrNO. The Morgan fingerprint density at radius 3 is 2.43 bits per heavy atom. The van der Waals surface area contributed by atoms with E-state index in [1.54, 1.807) is 0 Å². The molecule has 14 heavy (non-hydrogen) atoms. The maximum Gasteiger partial charge on any atom is 0.223 e. The molecule has 3 heteroatoms. The summed E-state index contributed by atoms with van der Waals surface area (Å²) in [6.45, 7) is 6.25. The van der Waals surface area contributed by atoms with Gasteiger partial charge < -0.3 is 5.32 Å². The first-order valence-corrected chi connectivity index (χ1v) is 6.54. The molecule has 1 aliphatic carbocycles. The highest BCUT2D eigenvalue weighted by Gasteiger charge is 2.33. The van der Waals surface area contributed by atoms with Crippen molar-refractivity contribution in [2.75, 3.05) is 5.33 Å². The van der Waals surface area contributed by atoms with Gasteiger partial charge in [-0.2, -0.15) is 0 Å². The number of carbonyl (C=O) groups is 1. The molecule has 1 saturated carbocycles. The Bertz CT molecular complexity index is 203. The average Bonchev–Trinajstić information content (AvgIpc) is 2.98. The van der Waals surface area contributed by atoms with E-state index in [-0.39, 0.29) is 17.9 Å². The molecule has 3 atom stereocenters. The minimum absolute atomic E-state index is 0.208. The van der Waals surface area contributed by atoms with Crippen LogP contribution in [0.15, 0.2) is 0 Å². The number of carbonyl (C=O) groups excluding carboxylic acids is 1. The topological polar surface area (TPSA) is 29.1 Å². The molecule has 1 rings (SSSR count). The summed E-state index contributed by atoms with van der Waals surface area (Å²) in [5, 5.41) is 4.02. The molecule has 0 heterocycles. The van der Waals surface area contributed by atoms with Crippen LogP contribution in [0.1, 0.15) is 33.6 Å². The van der Waals surface area contributed by atoms with Crippen molar-refractivity contribution in [3.8, 4) is 0 Å². The Labute approximate surface area is 95.0 Å². The summed E-state index contributed by atoms with van der Waals surface area (Å²) in [5.41, 5.74) is 0. The second kappa shape index (κ2) is 5.15. The van der Waals surface area contributed by atoms with E-state index in [0.29, 0.717) is 11.8 Å². The fourth-order valence-corrected chi connectivity index (χ4v) is 2.00. The van der Waals surface area contributed by atoms with E-state index in [1.807, 2.05) is 6.92 Å². The highest BCUT2D eigenvalue weighted by Crippen LogP contribution is 2.36. The van der Waals surface area contributed by atoms with Gasteiger partial charge in [-0.1, -0.05) is 29.8 Å². The number of amides is 1. The number of rotatable bonds is 5. The molecule has 1 amide bonds. The third kappa shape index (κ3) is 3.26. The van der Waals surface area contributed by atoms with Crippen LogP contribution in [0, 0.1) is 17.8 Å². The monoisotopic (exact) mass is 261 g/mol. The van der Waals surface area contributed by atoms with Crippen molar-refractivity contribution in [1.82, 2.24) is 5.32 Å². The van der Waals surface area contributed by atoms with E-state index in [9.17, 15) is 4.79 Å². The van der Waals surface area contributed by atoms with Crippen molar-refractivity contribution >= 4 is 21.8 Å². The van der Waals surface area contributed by atoms with Gasteiger partial charge in [-0.15, -0.1) is 0 Å². The van der Waals surface area contributed by atoms with E-state index in [0.717, 1.165) is 5.33 Å². The van der Waals surface area contributed by atoms with Crippen molar-refractivity contribution in [3.63, 3.8) is 0 Å². The summed E-state index contributed by atoms with van der Waals surface area (Å²) in [7, 11) is 0. The molecule has 0 saturated heterocycles. The standard InChI is InChI=1S/C11H20BrNO/c1-7(6-12)9(3)13-11(14)8(2)10-4-5-10/h7-10H,4-6H2,1-3H3,(H,13,14). The molecule has 0 radical (unpaired) electrons. The van der Waals surface area contributed by atoms with Crippen LogP contribution in [0.2, 0.25) is 0 Å². The van der Waals surface area contributed by atoms with E-state index in [2.05, 4.69) is 35.1 Å². The molecule has 0 aliphatic heterocycles. The van der Waals surface area contributed by atoms with Gasteiger partial charge in [0.15, 0.2) is 0 Å². The molecule has 3 unspecified atom stereocenters. The highest BCUT2D eigenvalue weighted by atomic mass is 79.9. The molecule has 0 aromatic rings. The maximum atomic E-state index is 11.7. The second-order valence-corrected chi connectivity index (χ2v) is 5.20. The summed E-state index contributed by atoms with van der Waals surface area (Å²) < 4.78 is 0. The van der Waals surface area contributed by atoms with Crippen LogP contribution < -0.4 is 5.32 Å². The first-order valence-electron chi connectivity index (χ1n) is 5.42. The van der Waals surface area contributed by atoms with Crippen LogP contribution in [-0.2, 0) is 4.79 Å². The first kappa shape index (κ1) is 12.0. The maximum absolute atomic E-state index is 11.7. The lowest BCUT2D eigenvalue weighted by Crippen LogP contribution is -2.40. The van der Waals surface area contributed by atoms with Crippen molar-refractivity contribution in [2.45, 2.75) is 39.7 Å². The third-order valence-electron chi connectivity index (χ3n) is 3.21. The molecular weight excluding hydrogens is 242 g/mol. The number of hydrogen-bond donors (Lipinski definition) is 1. The summed E-state index contributed by atoms with van der Waals surface area (Å²) >= 11 is 3.43. The van der Waals surface area contributed by atoms with E-state index in [1.165, 1.54) is 12.8 Å². The van der Waals surface area contributed by atoms with Gasteiger partial charge in [0.05, 0.1) is 0 Å². The molecule has 1 fully saturated rings. The van der Waals surface area contributed by atoms with Gasteiger partial charge in [0.1, 0.15) is 0 Å². The van der Waals surface area contributed by atoms with Crippen molar-refractivity contribution in [1.29, 1.82) is 0 Å². The van der Waals surface area contributed by atoms with Crippen LogP contribution in [0.3, 0.4) is 0 Å². The molecule has 0 aromatic heterocycles. The van der Waals surface area contributed by atoms with Crippen molar-refractivity contribution in [2.24, 2.45) is 17.8 Å². The number of hydrogen-bond acceptors (Lipinski definition) is 1. The summed E-state index contributed by atoms with van der Waals surface area (Å²) in [5.74, 6) is 1.58. The molecule has 0 aromatic carbocycles. The van der Waals surface area contributed by atoms with Crippen LogP contribution >= 0.6 is 15.9 Å². The van der Waals surface area contributed by atoms with Crippen LogP contribution in [0.4, 0.5) is 0 Å². The van der Waals surface area contributed by atoms with Gasteiger partial charge in [-0.05, 0) is 31.6 Å². The molecule has 82 valence electrons. The predicted molar refractivity (Wildman–Crippen MR) is 62.5 cm³/mol. The Kier molecular flexibility index (Phi) is 4.42. The third-order valence-corrected chi connectivity index (χ3v) is 4.23. The van der Waals surface area contributed by atoms with Gasteiger partial charge in [0, 0.05) is 17.3 Å². The molecule has 2 nitrogen and oxygen atoms in total. The molecule has 1 aliphatic rings. The van der Waals surface area contributed by atoms with Gasteiger partial charge in [-0.25, -0.2) is 0 Å². The van der Waals surface area contributed by atoms with E-state index >= 15 is 0 Å². The van der Waals surface area contributed by atoms with Gasteiger partial charge in [0.2, 0.25) is 5.91 Å². The second-order valence-electron chi connectivity index (χ2n) is 4.55. The zero-order chi connectivity index (χ0) is 10.7. The lowest BCUT2D eigenvalue weighted by Gasteiger charge is -2.21. The van der Waals surface area contributed by atoms with Crippen LogP contribution in [0.5, 0.6) is 0 Å². The lowest BCUT2D eigenvalue weighted by molar-refractivity contribution is -0.125. The lowest BCUT2D eigenvalue weighted by atomic mass is 10.0. The van der Waals surface area contributed by atoms with Crippen molar-refractivity contribution in [3.05, 3.63) is 0 Å². The Hall–Kier alpha value is -0.0500. The number of halogens is 1. The molecule has 0 bridgehead atoms. The van der Waals surface area contributed by atoms with Gasteiger partial charge >= 0.3 is 0 Å². The smallest absolute Gasteiger partial charge is 0.223 e. The first-order chi connectivity index (χ1) is 6.56. The van der Waals surface area contributed by atoms with E-state index in [4.69, 9.17) is 0 Å². The number of nitrogens with one attached hydrogen (secondary N) is 1. The normalized spacial score (nSPS) is 22.6. The summed E-state index contributed by atoms with van der Waals surface area (Å²) in [6, 6.07) is 0.267. The molecule has 0 spiro atoms. The summed E-state index contributed by atoms with van der Waals surface area (Å²) in [6.07, 6.45) is 2.47. The van der Waals surface area contributed by atoms with E-state index < -0.39 is 0 Å². The molecule has 1 N–H and O–H groups in total. The SMILES string of the molecule is CC(CBr)C(C)NC(=O)C(C)C1CC1. The fourth-order valence-electron chi connectivity index (χ4n) is 1.44. The van der Waals surface area contributed by atoms with Gasteiger partial charge in [-0.3, -0.25) is 4.79 Å². The fraction of sp³-hybridized carbons (Fsp3) is 0.909.